The molecule has 5 rings (SSSR count). The summed E-state index contributed by atoms with van der Waals surface area (Å²) in [5.41, 5.74) is 2.22. The van der Waals surface area contributed by atoms with Gasteiger partial charge in [0.2, 0.25) is 0 Å². The SMILES string of the molecule is CC(Oc1ccc2[nH]nc(C(=O)Nc3cnn(C4CCOCC4)c3)c2c1)c1c(Cl)cncc1Cl. The Morgan fingerprint density at radius 2 is 2.00 bits per heavy atom. The number of hydrogen-bond acceptors (Lipinski definition) is 6. The molecule has 0 radical (unpaired) electrons. The second-order valence-corrected chi connectivity index (χ2v) is 8.88. The molecule has 1 saturated heterocycles. The molecule has 2 N–H and O–H groups in total. The van der Waals surface area contributed by atoms with Crippen LogP contribution in [0.15, 0.2) is 43.0 Å². The third-order valence-electron chi connectivity index (χ3n) is 5.78. The van der Waals surface area contributed by atoms with Gasteiger partial charge in [0.05, 0.1) is 33.5 Å². The van der Waals surface area contributed by atoms with Crippen molar-refractivity contribution in [2.24, 2.45) is 0 Å². The Hall–Kier alpha value is -3.14. The number of benzene rings is 1. The first-order valence-corrected chi connectivity index (χ1v) is 11.6. The van der Waals surface area contributed by atoms with Crippen LogP contribution in [0.1, 0.15) is 48.0 Å². The maximum absolute atomic E-state index is 13.0. The highest BCUT2D eigenvalue weighted by molar-refractivity contribution is 6.35. The van der Waals surface area contributed by atoms with Crippen LogP contribution in [-0.2, 0) is 4.74 Å². The van der Waals surface area contributed by atoms with E-state index in [2.05, 4.69) is 25.6 Å². The van der Waals surface area contributed by atoms with Crippen LogP contribution in [0.25, 0.3) is 10.9 Å². The largest absolute Gasteiger partial charge is 0.486 e. The van der Waals surface area contributed by atoms with Crippen molar-refractivity contribution in [1.29, 1.82) is 0 Å². The molecule has 4 aromatic rings. The fraction of sp³-hybridized carbons (Fsp3) is 0.304. The van der Waals surface area contributed by atoms with Crippen LogP contribution in [0, 0.1) is 0 Å². The predicted octanol–water partition coefficient (Wildman–Crippen LogP) is 5.21. The van der Waals surface area contributed by atoms with Crippen molar-refractivity contribution in [3.63, 3.8) is 0 Å². The summed E-state index contributed by atoms with van der Waals surface area (Å²) in [5.74, 6) is 0.204. The first-order valence-electron chi connectivity index (χ1n) is 10.9. The summed E-state index contributed by atoms with van der Waals surface area (Å²) in [5, 5.41) is 15.8. The molecule has 0 bridgehead atoms. The lowest BCUT2D eigenvalue weighted by Gasteiger charge is -2.22. The fourth-order valence-electron chi connectivity index (χ4n) is 4.05. The fourth-order valence-corrected chi connectivity index (χ4v) is 4.73. The van der Waals surface area contributed by atoms with Gasteiger partial charge in [-0.2, -0.15) is 10.2 Å². The van der Waals surface area contributed by atoms with Crippen molar-refractivity contribution >= 4 is 45.7 Å². The van der Waals surface area contributed by atoms with Crippen LogP contribution >= 0.6 is 23.2 Å². The average Bonchev–Trinajstić information content (AvgIpc) is 3.46. The highest BCUT2D eigenvalue weighted by Crippen LogP contribution is 2.33. The summed E-state index contributed by atoms with van der Waals surface area (Å²) in [6.45, 7) is 3.28. The van der Waals surface area contributed by atoms with Crippen molar-refractivity contribution in [2.75, 3.05) is 18.5 Å². The molecule has 0 spiro atoms. The molecule has 176 valence electrons. The molecule has 1 unspecified atom stereocenters. The average molecular weight is 501 g/mol. The van der Waals surface area contributed by atoms with Gasteiger partial charge >= 0.3 is 0 Å². The van der Waals surface area contributed by atoms with Crippen LogP contribution in [0.4, 0.5) is 5.69 Å². The second kappa shape index (κ2) is 9.61. The van der Waals surface area contributed by atoms with Crippen molar-refractivity contribution in [3.05, 3.63) is 64.3 Å². The Bertz CT molecular complexity index is 1310. The van der Waals surface area contributed by atoms with Gasteiger partial charge in [-0.25, -0.2) is 0 Å². The third-order valence-corrected chi connectivity index (χ3v) is 6.39. The minimum Gasteiger partial charge on any atom is -0.486 e. The Labute approximate surface area is 205 Å². The van der Waals surface area contributed by atoms with Crippen molar-refractivity contribution < 1.29 is 14.3 Å². The molecule has 1 aromatic carbocycles. The van der Waals surface area contributed by atoms with Crippen LogP contribution < -0.4 is 10.1 Å². The van der Waals surface area contributed by atoms with E-state index in [4.69, 9.17) is 32.7 Å². The number of carbonyl (C=O) groups excluding carboxylic acids is 1. The van der Waals surface area contributed by atoms with Gasteiger partial charge < -0.3 is 14.8 Å². The van der Waals surface area contributed by atoms with E-state index in [1.54, 1.807) is 24.4 Å². The van der Waals surface area contributed by atoms with Crippen molar-refractivity contribution in [1.82, 2.24) is 25.0 Å². The number of aromatic amines is 1. The maximum Gasteiger partial charge on any atom is 0.276 e. The van der Waals surface area contributed by atoms with E-state index in [1.807, 2.05) is 17.8 Å². The molecule has 1 amide bonds. The number of H-pyrrole nitrogens is 1. The Morgan fingerprint density at radius 1 is 1.24 bits per heavy atom. The van der Waals surface area contributed by atoms with Gasteiger partial charge in [0.15, 0.2) is 5.69 Å². The number of ether oxygens (including phenoxy) is 2. The summed E-state index contributed by atoms with van der Waals surface area (Å²) < 4.78 is 13.4. The number of anilines is 1. The first-order chi connectivity index (χ1) is 16.5. The lowest BCUT2D eigenvalue weighted by Crippen LogP contribution is -2.19. The third kappa shape index (κ3) is 4.59. The van der Waals surface area contributed by atoms with Gasteiger partial charge in [-0.05, 0) is 38.0 Å². The minimum absolute atomic E-state index is 0.256. The number of aromatic nitrogens is 5. The molecule has 1 aliphatic heterocycles. The number of rotatable bonds is 6. The number of amides is 1. The molecule has 3 aromatic heterocycles. The zero-order chi connectivity index (χ0) is 23.7. The lowest BCUT2D eigenvalue weighted by atomic mass is 10.1. The van der Waals surface area contributed by atoms with Crippen LogP contribution in [-0.4, -0.2) is 44.1 Å². The molecule has 4 heterocycles. The lowest BCUT2D eigenvalue weighted by molar-refractivity contribution is 0.0662. The van der Waals surface area contributed by atoms with E-state index in [-0.39, 0.29) is 17.6 Å². The highest BCUT2D eigenvalue weighted by atomic mass is 35.5. The molecule has 1 fully saturated rings. The molecular weight excluding hydrogens is 479 g/mol. The van der Waals surface area contributed by atoms with Gasteiger partial charge in [0.1, 0.15) is 11.9 Å². The molecule has 0 aliphatic carbocycles. The summed E-state index contributed by atoms with van der Waals surface area (Å²) in [7, 11) is 0. The van der Waals surface area contributed by atoms with Gasteiger partial charge in [0, 0.05) is 42.8 Å². The number of hydrogen-bond donors (Lipinski definition) is 2. The summed E-state index contributed by atoms with van der Waals surface area (Å²) in [4.78, 5) is 17.0. The summed E-state index contributed by atoms with van der Waals surface area (Å²) >= 11 is 12.5. The number of fused-ring (bicyclic) bond motifs is 1. The first kappa shape index (κ1) is 22.6. The molecule has 0 saturated carbocycles. The second-order valence-electron chi connectivity index (χ2n) is 8.06. The predicted molar refractivity (Wildman–Crippen MR) is 129 cm³/mol. The summed E-state index contributed by atoms with van der Waals surface area (Å²) in [6, 6.07) is 5.63. The maximum atomic E-state index is 13.0. The normalized spacial score (nSPS) is 15.4. The number of pyridine rings is 1. The standard InChI is InChI=1S/C23H22Cl2N6O3/c1-13(21-18(24)10-26-11-19(21)25)34-16-2-3-20-17(8-16)22(30-29-20)23(32)28-14-9-27-31(12-14)15-4-6-33-7-5-15/h2-3,8-13,15H,4-7H2,1H3,(H,28,32)(H,29,30). The van der Waals surface area contributed by atoms with E-state index < -0.39 is 6.10 Å². The number of nitrogens with one attached hydrogen (secondary N) is 2. The molecule has 1 aliphatic rings. The number of carbonyl (C=O) groups is 1. The van der Waals surface area contributed by atoms with Gasteiger partial charge in [-0.15, -0.1) is 0 Å². The Balaban J connectivity index is 1.34. The number of halogens is 2. The van der Waals surface area contributed by atoms with Crippen LogP contribution in [0.5, 0.6) is 5.75 Å². The van der Waals surface area contributed by atoms with Crippen molar-refractivity contribution in [3.8, 4) is 5.75 Å². The molecule has 11 heteroatoms. The van der Waals surface area contributed by atoms with E-state index >= 15 is 0 Å². The minimum atomic E-state index is -0.430. The van der Waals surface area contributed by atoms with E-state index in [1.165, 1.54) is 12.4 Å². The Kier molecular flexibility index (Phi) is 6.40. The number of nitrogens with zero attached hydrogens (tertiary/aromatic N) is 4. The molecular formula is C23H22Cl2N6O3. The highest BCUT2D eigenvalue weighted by Gasteiger charge is 2.20. The molecule has 34 heavy (non-hydrogen) atoms. The zero-order valence-corrected chi connectivity index (χ0v) is 19.8. The monoisotopic (exact) mass is 500 g/mol. The van der Waals surface area contributed by atoms with Gasteiger partial charge in [0.25, 0.3) is 5.91 Å². The molecule has 9 nitrogen and oxygen atoms in total. The molecule has 1 atom stereocenters. The van der Waals surface area contributed by atoms with Gasteiger partial charge in [-0.3, -0.25) is 19.6 Å². The van der Waals surface area contributed by atoms with E-state index in [0.29, 0.717) is 51.2 Å². The topological polar surface area (TPSA) is 107 Å². The Morgan fingerprint density at radius 3 is 2.76 bits per heavy atom. The van der Waals surface area contributed by atoms with Crippen molar-refractivity contribution in [2.45, 2.75) is 31.9 Å². The van der Waals surface area contributed by atoms with Crippen LogP contribution in [0.3, 0.4) is 0 Å². The van der Waals surface area contributed by atoms with E-state index in [9.17, 15) is 4.79 Å². The summed E-state index contributed by atoms with van der Waals surface area (Å²) in [6.07, 6.45) is 7.89. The van der Waals surface area contributed by atoms with E-state index in [0.717, 1.165) is 12.8 Å². The van der Waals surface area contributed by atoms with Gasteiger partial charge in [-0.1, -0.05) is 23.2 Å². The smallest absolute Gasteiger partial charge is 0.276 e. The van der Waals surface area contributed by atoms with Crippen LogP contribution in [0.2, 0.25) is 10.0 Å². The zero-order valence-electron chi connectivity index (χ0n) is 18.3. The quantitative estimate of drug-likeness (QED) is 0.376.